The Hall–Kier alpha value is -3.21. The number of carbonyl (C=O) groups excluding carboxylic acids is 1. The summed E-state index contributed by atoms with van der Waals surface area (Å²) in [5.74, 6) is -0.151. The number of nitrogens with two attached hydrogens (primary N) is 1. The first kappa shape index (κ1) is 18.6. The molecule has 2 N–H and O–H groups in total. The number of rotatable bonds is 3. The molecule has 1 amide bonds. The molecule has 3 rings (SSSR count). The van der Waals surface area contributed by atoms with Crippen molar-refractivity contribution in [2.24, 2.45) is 11.7 Å². The minimum atomic E-state index is -4.41. The van der Waals surface area contributed by atoms with Crippen molar-refractivity contribution < 1.29 is 22.7 Å². The number of nitrogens with zero attached hydrogens (tertiary/aromatic N) is 2. The van der Waals surface area contributed by atoms with Crippen LogP contribution in [0.5, 0.6) is 0 Å². The lowest BCUT2D eigenvalue weighted by atomic mass is 9.89. The zero-order valence-electron chi connectivity index (χ0n) is 14.2. The first-order valence-electron chi connectivity index (χ1n) is 8.18. The van der Waals surface area contributed by atoms with Crippen molar-refractivity contribution in [2.75, 3.05) is 18.1 Å². The molecule has 1 heterocycles. The summed E-state index contributed by atoms with van der Waals surface area (Å²) in [4.78, 5) is 12.7. The van der Waals surface area contributed by atoms with Gasteiger partial charge in [-0.05, 0) is 48.4 Å². The Morgan fingerprint density at radius 3 is 2.56 bits per heavy atom. The normalized spacial score (nSPS) is 16.4. The molecule has 0 spiro atoms. The summed E-state index contributed by atoms with van der Waals surface area (Å²) in [5, 5.41) is 9.38. The number of ether oxygens (including phenoxy) is 1. The highest BCUT2D eigenvalue weighted by atomic mass is 19.4. The lowest BCUT2D eigenvalue weighted by Gasteiger charge is -2.36. The summed E-state index contributed by atoms with van der Waals surface area (Å²) in [6.45, 7) is 0.478. The van der Waals surface area contributed by atoms with E-state index in [1.807, 2.05) is 11.0 Å². The van der Waals surface area contributed by atoms with Crippen LogP contribution in [-0.2, 0) is 17.3 Å². The number of hydrogen-bond acceptors (Lipinski definition) is 4. The second-order valence-corrected chi connectivity index (χ2v) is 6.27. The molecule has 0 saturated carbocycles. The summed E-state index contributed by atoms with van der Waals surface area (Å²) in [7, 11) is 0. The summed E-state index contributed by atoms with van der Waals surface area (Å²) < 4.78 is 43.4. The van der Waals surface area contributed by atoms with E-state index in [2.05, 4.69) is 6.07 Å². The first-order valence-corrected chi connectivity index (χ1v) is 8.18. The highest BCUT2D eigenvalue weighted by molar-refractivity contribution is 5.71. The molecule has 140 valence electrons. The van der Waals surface area contributed by atoms with E-state index in [0.29, 0.717) is 24.2 Å². The van der Waals surface area contributed by atoms with Gasteiger partial charge in [0.05, 0.1) is 23.8 Å². The van der Waals surface area contributed by atoms with Gasteiger partial charge in [0.15, 0.2) is 0 Å². The highest BCUT2D eigenvalue weighted by Crippen LogP contribution is 2.38. The molecular weight excluding hydrogens is 359 g/mol. The number of hydrogen-bond donors (Lipinski definition) is 1. The minimum absolute atomic E-state index is 0.0612. The minimum Gasteiger partial charge on any atom is -0.449 e. The molecule has 1 unspecified atom stereocenters. The maximum atomic E-state index is 12.8. The number of halogens is 3. The molecule has 1 aliphatic rings. The molecule has 0 saturated heterocycles. The summed E-state index contributed by atoms with van der Waals surface area (Å²) in [5.41, 5.74) is 6.86. The second-order valence-electron chi connectivity index (χ2n) is 6.27. The van der Waals surface area contributed by atoms with Crippen LogP contribution in [-0.4, -0.2) is 19.2 Å². The van der Waals surface area contributed by atoms with Gasteiger partial charge in [-0.2, -0.15) is 18.4 Å². The second kappa shape index (κ2) is 7.19. The smallest absolute Gasteiger partial charge is 0.416 e. The number of benzene rings is 2. The Labute approximate surface area is 153 Å². The number of primary amides is 1. The van der Waals surface area contributed by atoms with Crippen LogP contribution < -0.4 is 10.6 Å². The quantitative estimate of drug-likeness (QED) is 0.880. The monoisotopic (exact) mass is 375 g/mol. The molecule has 8 heteroatoms. The van der Waals surface area contributed by atoms with Gasteiger partial charge in [0.25, 0.3) is 0 Å². The van der Waals surface area contributed by atoms with E-state index in [1.165, 1.54) is 12.1 Å². The van der Waals surface area contributed by atoms with Gasteiger partial charge in [-0.15, -0.1) is 0 Å². The van der Waals surface area contributed by atoms with Crippen LogP contribution in [0, 0.1) is 17.2 Å². The molecule has 0 fully saturated rings. The van der Waals surface area contributed by atoms with E-state index in [-0.39, 0.29) is 12.5 Å². The predicted octanol–water partition coefficient (Wildman–Crippen LogP) is 3.98. The van der Waals surface area contributed by atoms with Gasteiger partial charge in [0.1, 0.15) is 0 Å². The average Bonchev–Trinajstić information content (AvgIpc) is 2.64. The van der Waals surface area contributed by atoms with Crippen molar-refractivity contribution in [1.29, 1.82) is 5.26 Å². The molecule has 0 aliphatic carbocycles. The Morgan fingerprint density at radius 1 is 1.26 bits per heavy atom. The van der Waals surface area contributed by atoms with Gasteiger partial charge in [-0.3, -0.25) is 0 Å². The van der Waals surface area contributed by atoms with Crippen molar-refractivity contribution in [3.8, 4) is 6.07 Å². The molecule has 1 atom stereocenters. The zero-order valence-corrected chi connectivity index (χ0v) is 14.2. The molecule has 2 aromatic rings. The van der Waals surface area contributed by atoms with Crippen LogP contribution in [0.2, 0.25) is 0 Å². The third-order valence-corrected chi connectivity index (χ3v) is 4.46. The SMILES string of the molecule is N#Cc1cccc2c1CC(COC(N)=O)CN2c1ccc(C(F)(F)F)cc1. The number of alkyl halides is 3. The maximum Gasteiger partial charge on any atom is 0.416 e. The van der Waals surface area contributed by atoms with Crippen LogP contribution in [0.15, 0.2) is 42.5 Å². The molecule has 0 aromatic heterocycles. The Morgan fingerprint density at radius 2 is 1.96 bits per heavy atom. The van der Waals surface area contributed by atoms with Crippen LogP contribution in [0.3, 0.4) is 0 Å². The van der Waals surface area contributed by atoms with E-state index in [1.54, 1.807) is 12.1 Å². The van der Waals surface area contributed by atoms with Gasteiger partial charge in [0.2, 0.25) is 0 Å². The first-order chi connectivity index (χ1) is 12.8. The van der Waals surface area contributed by atoms with Crippen molar-refractivity contribution in [3.05, 3.63) is 59.2 Å². The number of nitriles is 1. The lowest BCUT2D eigenvalue weighted by Crippen LogP contribution is -2.35. The van der Waals surface area contributed by atoms with Crippen LogP contribution in [0.25, 0.3) is 0 Å². The van der Waals surface area contributed by atoms with Crippen molar-refractivity contribution in [1.82, 2.24) is 0 Å². The van der Waals surface area contributed by atoms with Gasteiger partial charge in [0, 0.05) is 23.8 Å². The molecule has 1 aliphatic heterocycles. The van der Waals surface area contributed by atoms with Gasteiger partial charge < -0.3 is 15.4 Å². The zero-order chi connectivity index (χ0) is 19.6. The standard InChI is InChI=1S/C19H16F3N3O2/c20-19(21,22)14-4-6-15(7-5-14)25-10-12(11-27-18(24)26)8-16-13(9-23)2-1-3-17(16)25/h1-7,12H,8,10-11H2,(H2,24,26). The molecular formula is C19H16F3N3O2. The van der Waals surface area contributed by atoms with E-state index < -0.39 is 17.8 Å². The lowest BCUT2D eigenvalue weighted by molar-refractivity contribution is -0.137. The fourth-order valence-corrected chi connectivity index (χ4v) is 3.24. The fourth-order valence-electron chi connectivity index (χ4n) is 3.24. The number of anilines is 2. The molecule has 0 radical (unpaired) electrons. The van der Waals surface area contributed by atoms with Crippen LogP contribution in [0.1, 0.15) is 16.7 Å². The third kappa shape index (κ3) is 3.97. The largest absolute Gasteiger partial charge is 0.449 e. The van der Waals surface area contributed by atoms with Gasteiger partial charge >= 0.3 is 12.3 Å². The number of amides is 1. The average molecular weight is 375 g/mol. The van der Waals surface area contributed by atoms with Crippen LogP contribution in [0.4, 0.5) is 29.3 Å². The van der Waals surface area contributed by atoms with Crippen LogP contribution >= 0.6 is 0 Å². The Bertz CT molecular complexity index is 889. The summed E-state index contributed by atoms with van der Waals surface area (Å²) >= 11 is 0. The molecule has 5 nitrogen and oxygen atoms in total. The van der Waals surface area contributed by atoms with E-state index in [9.17, 15) is 23.2 Å². The maximum absolute atomic E-state index is 12.8. The topological polar surface area (TPSA) is 79.3 Å². The summed E-state index contributed by atoms with van der Waals surface area (Å²) in [6, 6.07) is 12.2. The highest BCUT2D eigenvalue weighted by Gasteiger charge is 2.31. The van der Waals surface area contributed by atoms with E-state index >= 15 is 0 Å². The third-order valence-electron chi connectivity index (χ3n) is 4.46. The molecule has 2 aromatic carbocycles. The number of fused-ring (bicyclic) bond motifs is 1. The van der Waals surface area contributed by atoms with Gasteiger partial charge in [-0.25, -0.2) is 4.79 Å². The van der Waals surface area contributed by atoms with Crippen molar-refractivity contribution in [2.45, 2.75) is 12.6 Å². The number of carbonyl (C=O) groups is 1. The molecule has 0 bridgehead atoms. The summed E-state index contributed by atoms with van der Waals surface area (Å²) in [6.07, 6.45) is -4.80. The van der Waals surface area contributed by atoms with Crippen molar-refractivity contribution in [3.63, 3.8) is 0 Å². The Balaban J connectivity index is 1.98. The van der Waals surface area contributed by atoms with E-state index in [0.717, 1.165) is 23.4 Å². The van der Waals surface area contributed by atoms with Gasteiger partial charge in [-0.1, -0.05) is 6.07 Å². The van der Waals surface area contributed by atoms with E-state index in [4.69, 9.17) is 10.5 Å². The molecule has 27 heavy (non-hydrogen) atoms. The predicted molar refractivity (Wildman–Crippen MR) is 92.3 cm³/mol. The van der Waals surface area contributed by atoms with Crippen molar-refractivity contribution >= 4 is 17.5 Å². The Kier molecular flexibility index (Phi) is 4.95. The fraction of sp³-hybridized carbons (Fsp3) is 0.263.